The smallest absolute Gasteiger partial charge is 0.335 e. The van der Waals surface area contributed by atoms with Crippen LogP contribution in [0.1, 0.15) is 53.7 Å². The largest absolute Gasteiger partial charge is 0.478 e. The molecule has 0 aromatic heterocycles. The predicted octanol–water partition coefficient (Wildman–Crippen LogP) is 2.69. The fourth-order valence-electron chi connectivity index (χ4n) is 2.46. The topological polar surface area (TPSA) is 58.6 Å². The van der Waals surface area contributed by atoms with Gasteiger partial charge in [-0.1, -0.05) is 25.5 Å². The third-order valence-electron chi connectivity index (χ3n) is 3.28. The number of carboxylic acids is 1. The molecule has 2 N–H and O–H groups in total. The highest BCUT2D eigenvalue weighted by Crippen LogP contribution is 2.28. The highest BCUT2D eigenvalue weighted by molar-refractivity contribution is 5.89. The number of benzene rings is 1. The molecule has 1 unspecified atom stereocenters. The monoisotopic (exact) mass is 249 g/mol. The Kier molecular flexibility index (Phi) is 4.33. The molecular formula is C14H19NO3. The summed E-state index contributed by atoms with van der Waals surface area (Å²) in [6, 6.07) is 5.61. The summed E-state index contributed by atoms with van der Waals surface area (Å²) in [5.41, 5.74) is 5.43. The second kappa shape index (κ2) is 5.98. The zero-order chi connectivity index (χ0) is 13.0. The average molecular weight is 249 g/mol. The lowest BCUT2D eigenvalue weighted by molar-refractivity contribution is -0.0197. The minimum atomic E-state index is -0.850. The normalized spacial score (nSPS) is 19.7. The van der Waals surface area contributed by atoms with Crippen LogP contribution in [0, 0.1) is 0 Å². The SMILES string of the molecule is CCCc1c(C(=O)O)cccc1C1CCCON1. The number of aromatic carboxylic acids is 1. The van der Waals surface area contributed by atoms with E-state index in [0.29, 0.717) is 5.56 Å². The van der Waals surface area contributed by atoms with E-state index in [9.17, 15) is 9.90 Å². The van der Waals surface area contributed by atoms with E-state index in [1.165, 1.54) is 0 Å². The van der Waals surface area contributed by atoms with E-state index in [1.807, 2.05) is 12.1 Å². The maximum absolute atomic E-state index is 11.3. The van der Waals surface area contributed by atoms with Crippen molar-refractivity contribution in [1.82, 2.24) is 5.48 Å². The molecule has 2 rings (SSSR count). The number of hydrogen-bond donors (Lipinski definition) is 2. The molecule has 1 heterocycles. The summed E-state index contributed by atoms with van der Waals surface area (Å²) in [4.78, 5) is 16.6. The zero-order valence-electron chi connectivity index (χ0n) is 10.6. The Morgan fingerprint density at radius 3 is 3.00 bits per heavy atom. The molecule has 4 heteroatoms. The highest BCUT2D eigenvalue weighted by atomic mass is 16.6. The Morgan fingerprint density at radius 2 is 2.39 bits per heavy atom. The molecule has 1 aliphatic heterocycles. The number of rotatable bonds is 4. The Balaban J connectivity index is 2.38. The van der Waals surface area contributed by atoms with Crippen molar-refractivity contribution in [3.8, 4) is 0 Å². The average Bonchev–Trinajstić information content (AvgIpc) is 2.40. The maximum Gasteiger partial charge on any atom is 0.335 e. The molecule has 0 aliphatic carbocycles. The Hall–Kier alpha value is -1.39. The number of nitrogens with one attached hydrogen (secondary N) is 1. The first-order valence-electron chi connectivity index (χ1n) is 6.46. The molecule has 1 atom stereocenters. The van der Waals surface area contributed by atoms with Crippen molar-refractivity contribution in [3.63, 3.8) is 0 Å². The maximum atomic E-state index is 11.3. The Bertz CT molecular complexity index is 425. The van der Waals surface area contributed by atoms with Gasteiger partial charge in [0.15, 0.2) is 0 Å². The van der Waals surface area contributed by atoms with Gasteiger partial charge in [-0.25, -0.2) is 4.79 Å². The molecule has 0 saturated carbocycles. The molecule has 1 aliphatic rings. The van der Waals surface area contributed by atoms with Gasteiger partial charge in [-0.15, -0.1) is 0 Å². The molecule has 0 radical (unpaired) electrons. The van der Waals surface area contributed by atoms with Crippen molar-refractivity contribution in [3.05, 3.63) is 34.9 Å². The summed E-state index contributed by atoms with van der Waals surface area (Å²) in [5, 5.41) is 9.26. The standard InChI is InChI=1S/C14H19NO3/c1-2-5-10-11(13-8-4-9-18-15-13)6-3-7-12(10)14(16)17/h3,6-7,13,15H,2,4-5,8-9H2,1H3,(H,16,17). The molecule has 1 fully saturated rings. The number of hydrogen-bond acceptors (Lipinski definition) is 3. The molecule has 1 saturated heterocycles. The van der Waals surface area contributed by atoms with Gasteiger partial charge >= 0.3 is 5.97 Å². The number of hydroxylamine groups is 1. The third-order valence-corrected chi connectivity index (χ3v) is 3.28. The van der Waals surface area contributed by atoms with Gasteiger partial charge in [0.05, 0.1) is 18.2 Å². The molecule has 0 bridgehead atoms. The summed E-state index contributed by atoms with van der Waals surface area (Å²) in [6.07, 6.45) is 3.71. The minimum Gasteiger partial charge on any atom is -0.478 e. The molecule has 0 amide bonds. The number of carbonyl (C=O) groups is 1. The van der Waals surface area contributed by atoms with Crippen molar-refractivity contribution >= 4 is 5.97 Å². The Labute approximate surface area is 107 Å². The van der Waals surface area contributed by atoms with Crippen LogP contribution in [-0.2, 0) is 11.3 Å². The molecule has 1 aromatic carbocycles. The van der Waals surface area contributed by atoms with Gasteiger partial charge in [-0.2, -0.15) is 5.48 Å². The molecule has 4 nitrogen and oxygen atoms in total. The quantitative estimate of drug-likeness (QED) is 0.861. The lowest BCUT2D eigenvalue weighted by Crippen LogP contribution is -2.28. The Morgan fingerprint density at radius 1 is 1.56 bits per heavy atom. The molecule has 18 heavy (non-hydrogen) atoms. The summed E-state index contributed by atoms with van der Waals surface area (Å²) in [5.74, 6) is -0.850. The second-order valence-electron chi connectivity index (χ2n) is 4.59. The van der Waals surface area contributed by atoms with Crippen LogP contribution in [0.15, 0.2) is 18.2 Å². The number of carboxylic acid groups (broad SMARTS) is 1. The van der Waals surface area contributed by atoms with Gasteiger partial charge in [-0.05, 0) is 36.5 Å². The van der Waals surface area contributed by atoms with Gasteiger partial charge < -0.3 is 9.94 Å². The van der Waals surface area contributed by atoms with E-state index < -0.39 is 5.97 Å². The first kappa shape index (κ1) is 13.1. The van der Waals surface area contributed by atoms with Gasteiger partial charge in [0, 0.05) is 0 Å². The summed E-state index contributed by atoms with van der Waals surface area (Å²) >= 11 is 0. The van der Waals surface area contributed by atoms with Gasteiger partial charge in [0.25, 0.3) is 0 Å². The van der Waals surface area contributed by atoms with E-state index in [-0.39, 0.29) is 6.04 Å². The van der Waals surface area contributed by atoms with Crippen molar-refractivity contribution in [1.29, 1.82) is 0 Å². The summed E-state index contributed by atoms with van der Waals surface area (Å²) in [7, 11) is 0. The van der Waals surface area contributed by atoms with E-state index in [4.69, 9.17) is 4.84 Å². The first-order valence-corrected chi connectivity index (χ1v) is 6.46. The summed E-state index contributed by atoms with van der Waals surface area (Å²) < 4.78 is 0. The molecule has 1 aromatic rings. The van der Waals surface area contributed by atoms with Crippen LogP contribution >= 0.6 is 0 Å². The molecular weight excluding hydrogens is 230 g/mol. The van der Waals surface area contributed by atoms with Crippen LogP contribution in [0.3, 0.4) is 0 Å². The zero-order valence-corrected chi connectivity index (χ0v) is 10.6. The minimum absolute atomic E-state index is 0.111. The highest BCUT2D eigenvalue weighted by Gasteiger charge is 2.21. The van der Waals surface area contributed by atoms with Crippen molar-refractivity contribution < 1.29 is 14.7 Å². The van der Waals surface area contributed by atoms with Crippen LogP contribution in [-0.4, -0.2) is 17.7 Å². The second-order valence-corrected chi connectivity index (χ2v) is 4.59. The molecule has 98 valence electrons. The van der Waals surface area contributed by atoms with Crippen molar-refractivity contribution in [2.75, 3.05) is 6.61 Å². The van der Waals surface area contributed by atoms with Gasteiger partial charge in [0.2, 0.25) is 0 Å². The van der Waals surface area contributed by atoms with Crippen LogP contribution < -0.4 is 5.48 Å². The van der Waals surface area contributed by atoms with Gasteiger partial charge in [-0.3, -0.25) is 0 Å². The fraction of sp³-hybridized carbons (Fsp3) is 0.500. The lowest BCUT2D eigenvalue weighted by Gasteiger charge is -2.26. The van der Waals surface area contributed by atoms with Crippen LogP contribution in [0.4, 0.5) is 0 Å². The molecule has 0 spiro atoms. The predicted molar refractivity (Wildman–Crippen MR) is 68.5 cm³/mol. The first-order chi connectivity index (χ1) is 8.74. The summed E-state index contributed by atoms with van der Waals surface area (Å²) in [6.45, 7) is 2.78. The van der Waals surface area contributed by atoms with E-state index in [0.717, 1.165) is 43.4 Å². The van der Waals surface area contributed by atoms with Crippen LogP contribution in [0.25, 0.3) is 0 Å². The van der Waals surface area contributed by atoms with E-state index >= 15 is 0 Å². The third kappa shape index (κ3) is 2.71. The lowest BCUT2D eigenvalue weighted by atomic mass is 9.91. The van der Waals surface area contributed by atoms with Crippen molar-refractivity contribution in [2.24, 2.45) is 0 Å². The van der Waals surface area contributed by atoms with E-state index in [1.54, 1.807) is 6.07 Å². The fourth-order valence-corrected chi connectivity index (χ4v) is 2.46. The van der Waals surface area contributed by atoms with Crippen molar-refractivity contribution in [2.45, 2.75) is 38.6 Å². The van der Waals surface area contributed by atoms with Gasteiger partial charge in [0.1, 0.15) is 0 Å². The van der Waals surface area contributed by atoms with Crippen LogP contribution in [0.2, 0.25) is 0 Å². The van der Waals surface area contributed by atoms with E-state index in [2.05, 4.69) is 12.4 Å². The van der Waals surface area contributed by atoms with Crippen LogP contribution in [0.5, 0.6) is 0 Å².